The van der Waals surface area contributed by atoms with Crippen molar-refractivity contribution in [2.45, 2.75) is 46.8 Å². The Morgan fingerprint density at radius 1 is 1.15 bits per heavy atom. The molecule has 4 rings (SSSR count). The lowest BCUT2D eigenvalue weighted by Crippen LogP contribution is -2.40. The normalized spacial score (nSPS) is 14.4. The molecule has 1 aromatic heterocycles. The van der Waals surface area contributed by atoms with Crippen LogP contribution < -0.4 is 29.1 Å². The Hall–Kier alpha value is -4.50. The van der Waals surface area contributed by atoms with Crippen LogP contribution >= 0.6 is 27.3 Å². The lowest BCUT2D eigenvalue weighted by atomic mass is 9.95. The van der Waals surface area contributed by atoms with E-state index in [9.17, 15) is 24.5 Å². The van der Waals surface area contributed by atoms with Crippen molar-refractivity contribution in [2.24, 2.45) is 4.99 Å². The minimum atomic E-state index is -0.917. The molecule has 1 aliphatic heterocycles. The lowest BCUT2D eigenvalue weighted by Gasteiger charge is -2.25. The number of esters is 2. The molecule has 13 nitrogen and oxygen atoms in total. The van der Waals surface area contributed by atoms with Crippen LogP contribution in [-0.2, 0) is 19.1 Å². The van der Waals surface area contributed by atoms with E-state index in [1.54, 1.807) is 39.0 Å². The highest BCUT2D eigenvalue weighted by Crippen LogP contribution is 2.38. The number of ether oxygens (including phenoxy) is 5. The van der Waals surface area contributed by atoms with Crippen LogP contribution in [0.2, 0.25) is 0 Å². The summed E-state index contributed by atoms with van der Waals surface area (Å²) in [5.41, 5.74) is 0.514. The van der Waals surface area contributed by atoms with E-state index >= 15 is 0 Å². The zero-order valence-corrected chi connectivity index (χ0v) is 28.4. The first-order valence-corrected chi connectivity index (χ1v) is 15.8. The molecule has 0 N–H and O–H groups in total. The summed E-state index contributed by atoms with van der Waals surface area (Å²) >= 11 is 4.34. The minimum absolute atomic E-state index is 0.115. The van der Waals surface area contributed by atoms with Crippen LogP contribution in [0, 0.1) is 10.1 Å². The number of rotatable bonds is 12. The Kier molecular flexibility index (Phi) is 11.0. The molecule has 0 saturated carbocycles. The van der Waals surface area contributed by atoms with Gasteiger partial charge in [0.15, 0.2) is 22.9 Å². The number of hydrogen-bond acceptors (Lipinski definition) is 12. The molecule has 244 valence electrons. The Balaban J connectivity index is 1.88. The van der Waals surface area contributed by atoms with Crippen LogP contribution in [0.25, 0.3) is 6.08 Å². The van der Waals surface area contributed by atoms with Gasteiger partial charge in [0.25, 0.3) is 5.56 Å². The number of fused-ring (bicyclic) bond motifs is 1. The molecule has 0 bridgehead atoms. The Labute approximate surface area is 276 Å². The van der Waals surface area contributed by atoms with E-state index < -0.39 is 40.8 Å². The Bertz CT molecular complexity index is 1900. The highest BCUT2D eigenvalue weighted by atomic mass is 79.9. The average molecular weight is 719 g/mol. The van der Waals surface area contributed by atoms with Gasteiger partial charge in [0.2, 0.25) is 5.75 Å². The number of benzene rings is 2. The van der Waals surface area contributed by atoms with E-state index in [0.29, 0.717) is 33.1 Å². The smallest absolute Gasteiger partial charge is 0.344 e. The van der Waals surface area contributed by atoms with Gasteiger partial charge in [0.05, 0.1) is 57.7 Å². The highest BCUT2D eigenvalue weighted by Gasteiger charge is 2.34. The predicted octanol–water partition coefficient (Wildman–Crippen LogP) is 4.21. The van der Waals surface area contributed by atoms with Crippen LogP contribution in [0.15, 0.2) is 55.9 Å². The van der Waals surface area contributed by atoms with Crippen LogP contribution in [0.3, 0.4) is 0 Å². The summed E-state index contributed by atoms with van der Waals surface area (Å²) < 4.78 is 28.8. The third-order valence-corrected chi connectivity index (χ3v) is 8.14. The Morgan fingerprint density at radius 3 is 2.50 bits per heavy atom. The molecule has 2 aromatic carbocycles. The van der Waals surface area contributed by atoms with E-state index in [1.165, 1.54) is 29.9 Å². The predicted molar refractivity (Wildman–Crippen MR) is 172 cm³/mol. The first-order chi connectivity index (χ1) is 21.9. The molecular formula is C31H32BrN3O10S. The SMILES string of the molecule is CCOC(=O)COc1c(Br)cc(/C=c2/sc3n(c2=O)[C@@H](c2ccc(OC(C)C)c(OC)c2)C(C(=O)OCC)=C(C)N=3)cc1[N+](=O)[O-]. The topological polar surface area (TPSA) is 158 Å². The maximum atomic E-state index is 14.0. The number of allylic oxidation sites excluding steroid dienone is 1. The summed E-state index contributed by atoms with van der Waals surface area (Å²) in [6.07, 6.45) is 1.36. The molecule has 3 aromatic rings. The van der Waals surface area contributed by atoms with Crippen molar-refractivity contribution < 1.29 is 38.2 Å². The Morgan fingerprint density at radius 2 is 1.87 bits per heavy atom. The van der Waals surface area contributed by atoms with Crippen molar-refractivity contribution in [3.63, 3.8) is 0 Å². The van der Waals surface area contributed by atoms with E-state index in [1.807, 2.05) is 13.8 Å². The summed E-state index contributed by atoms with van der Waals surface area (Å²) in [5.74, 6) is -0.559. The fraction of sp³-hybridized carbons (Fsp3) is 0.355. The van der Waals surface area contributed by atoms with Crippen molar-refractivity contribution >= 4 is 51.0 Å². The number of nitro benzene ring substituents is 1. The molecule has 0 amide bonds. The molecule has 15 heteroatoms. The van der Waals surface area contributed by atoms with Crippen molar-refractivity contribution in [1.82, 2.24) is 4.57 Å². The fourth-order valence-corrected chi connectivity index (χ4v) is 6.39. The first kappa shape index (κ1) is 34.4. The van der Waals surface area contributed by atoms with E-state index in [0.717, 1.165) is 11.3 Å². The molecule has 1 aliphatic rings. The molecule has 0 saturated heterocycles. The molecule has 0 radical (unpaired) electrons. The second-order valence-corrected chi connectivity index (χ2v) is 11.9. The van der Waals surface area contributed by atoms with Gasteiger partial charge in [0.1, 0.15) is 0 Å². The van der Waals surface area contributed by atoms with Gasteiger partial charge in [-0.2, -0.15) is 0 Å². The number of nitrogens with zero attached hydrogens (tertiary/aromatic N) is 3. The zero-order chi connectivity index (χ0) is 33.7. The van der Waals surface area contributed by atoms with Gasteiger partial charge >= 0.3 is 17.6 Å². The van der Waals surface area contributed by atoms with Gasteiger partial charge < -0.3 is 23.7 Å². The number of aromatic nitrogens is 1. The van der Waals surface area contributed by atoms with Crippen LogP contribution in [0.4, 0.5) is 5.69 Å². The van der Waals surface area contributed by atoms with Gasteiger partial charge in [0, 0.05) is 6.07 Å². The van der Waals surface area contributed by atoms with Crippen molar-refractivity contribution in [3.05, 3.63) is 87.0 Å². The maximum Gasteiger partial charge on any atom is 0.344 e. The van der Waals surface area contributed by atoms with Gasteiger partial charge in [-0.15, -0.1) is 0 Å². The number of thiazole rings is 1. The summed E-state index contributed by atoms with van der Waals surface area (Å²) in [6, 6.07) is 7.00. The fourth-order valence-electron chi connectivity index (χ4n) is 4.76. The van der Waals surface area contributed by atoms with Gasteiger partial charge in [-0.25, -0.2) is 14.6 Å². The summed E-state index contributed by atoms with van der Waals surface area (Å²) in [5, 5.41) is 11.9. The van der Waals surface area contributed by atoms with Crippen LogP contribution in [0.5, 0.6) is 17.2 Å². The van der Waals surface area contributed by atoms with E-state index in [2.05, 4.69) is 20.9 Å². The minimum Gasteiger partial charge on any atom is -0.493 e. The van der Waals surface area contributed by atoms with Crippen molar-refractivity contribution in [3.8, 4) is 17.2 Å². The standard InChI is InChI=1S/C31H32BrN3O10S/c1-7-42-25(36)15-44-28-20(32)11-18(12-21(28)35(39)40)13-24-29(37)34-27(19-9-10-22(45-16(3)4)23(14-19)41-6)26(30(38)43-8-2)17(5)33-31(34)46-24/h9-14,16,27H,7-8,15H2,1-6H3/b24-13+/t27-/m0/s1. The van der Waals surface area contributed by atoms with Crippen molar-refractivity contribution in [2.75, 3.05) is 26.9 Å². The molecule has 46 heavy (non-hydrogen) atoms. The van der Waals surface area contributed by atoms with E-state index in [-0.39, 0.29) is 39.6 Å². The molecule has 2 heterocycles. The maximum absolute atomic E-state index is 14.0. The molecular weight excluding hydrogens is 686 g/mol. The third kappa shape index (κ3) is 7.31. The quantitative estimate of drug-likeness (QED) is 0.151. The first-order valence-electron chi connectivity index (χ1n) is 14.2. The number of carbonyl (C=O) groups is 2. The largest absolute Gasteiger partial charge is 0.493 e. The number of hydrogen-bond donors (Lipinski definition) is 0. The number of nitro groups is 1. The van der Waals surface area contributed by atoms with Crippen LogP contribution in [-0.4, -0.2) is 54.5 Å². The van der Waals surface area contributed by atoms with Gasteiger partial charge in [-0.3, -0.25) is 19.5 Å². The number of halogens is 1. The van der Waals surface area contributed by atoms with Crippen LogP contribution in [0.1, 0.15) is 51.8 Å². The molecule has 1 atom stereocenters. The summed E-state index contributed by atoms with van der Waals surface area (Å²) in [7, 11) is 1.50. The zero-order valence-electron chi connectivity index (χ0n) is 26.0. The average Bonchev–Trinajstić information content (AvgIpc) is 3.29. The molecule has 0 fully saturated rings. The van der Waals surface area contributed by atoms with E-state index in [4.69, 9.17) is 23.7 Å². The second-order valence-electron chi connectivity index (χ2n) is 10.1. The molecule has 0 unspecified atom stereocenters. The number of methoxy groups -OCH3 is 1. The number of carbonyl (C=O) groups excluding carboxylic acids is 2. The third-order valence-electron chi connectivity index (χ3n) is 6.56. The molecule has 0 spiro atoms. The summed E-state index contributed by atoms with van der Waals surface area (Å²) in [6.45, 7) is 8.47. The van der Waals surface area contributed by atoms with Gasteiger partial charge in [-0.05, 0) is 86.0 Å². The van der Waals surface area contributed by atoms with Crippen molar-refractivity contribution in [1.29, 1.82) is 0 Å². The summed E-state index contributed by atoms with van der Waals surface area (Å²) in [4.78, 5) is 55.2. The monoisotopic (exact) mass is 717 g/mol. The second kappa shape index (κ2) is 14.7. The highest BCUT2D eigenvalue weighted by molar-refractivity contribution is 9.10. The van der Waals surface area contributed by atoms with Gasteiger partial charge in [-0.1, -0.05) is 17.4 Å². The molecule has 0 aliphatic carbocycles. The lowest BCUT2D eigenvalue weighted by molar-refractivity contribution is -0.385.